The average Bonchev–Trinajstić information content (AvgIpc) is 3.05. The molecule has 1 aliphatic rings. The van der Waals surface area contributed by atoms with Crippen LogP contribution in [0.25, 0.3) is 11.0 Å². The molecule has 1 aliphatic heterocycles. The fourth-order valence-corrected chi connectivity index (χ4v) is 3.59. The molecule has 1 aromatic heterocycles. The Morgan fingerprint density at radius 2 is 1.75 bits per heavy atom. The van der Waals surface area contributed by atoms with E-state index in [0.717, 1.165) is 35.4 Å². The predicted octanol–water partition coefficient (Wildman–Crippen LogP) is 4.53. The number of halogens is 3. The van der Waals surface area contributed by atoms with Crippen LogP contribution in [0.3, 0.4) is 0 Å². The zero-order chi connectivity index (χ0) is 18.8. The minimum atomic E-state index is -0.285. The zero-order valence-electron chi connectivity index (χ0n) is 15.2. The van der Waals surface area contributed by atoms with Crippen LogP contribution in [0.4, 0.5) is 4.39 Å². The highest BCUT2D eigenvalue weighted by molar-refractivity contribution is 6.31. The molecule has 4 rings (SSSR count). The average molecular weight is 423 g/mol. The van der Waals surface area contributed by atoms with Gasteiger partial charge in [0.05, 0.1) is 13.0 Å². The Bertz CT molecular complexity index is 951. The fourth-order valence-electron chi connectivity index (χ4n) is 3.41. The largest absolute Gasteiger partial charge is 0.460 e. The maximum Gasteiger partial charge on any atom is 0.227 e. The number of fused-ring (bicyclic) bond motifs is 1. The van der Waals surface area contributed by atoms with E-state index < -0.39 is 0 Å². The standard InChI is InChI=1S/C21H20ClFN2O2.ClH/c22-17-3-6-20-16(12-17)13-19(27-20)14-24-7-9-25(10-8-24)21(26)11-15-1-4-18(23)5-2-15;/h1-6,12-13H,7-11,14H2;1H. The third-order valence-corrected chi connectivity index (χ3v) is 5.14. The summed E-state index contributed by atoms with van der Waals surface area (Å²) in [6.45, 7) is 3.68. The Hall–Kier alpha value is -2.08. The van der Waals surface area contributed by atoms with Gasteiger partial charge >= 0.3 is 0 Å². The maximum absolute atomic E-state index is 13.0. The first-order valence-corrected chi connectivity index (χ1v) is 9.37. The number of carbonyl (C=O) groups is 1. The van der Waals surface area contributed by atoms with E-state index in [-0.39, 0.29) is 24.1 Å². The van der Waals surface area contributed by atoms with Crippen molar-refractivity contribution in [2.45, 2.75) is 13.0 Å². The summed E-state index contributed by atoms with van der Waals surface area (Å²) in [4.78, 5) is 16.6. The molecule has 1 fully saturated rings. The summed E-state index contributed by atoms with van der Waals surface area (Å²) < 4.78 is 18.9. The maximum atomic E-state index is 13.0. The Labute approximate surface area is 174 Å². The van der Waals surface area contributed by atoms with E-state index in [1.807, 2.05) is 29.2 Å². The van der Waals surface area contributed by atoms with Gasteiger partial charge in [-0.2, -0.15) is 0 Å². The monoisotopic (exact) mass is 422 g/mol. The molecule has 148 valence electrons. The predicted molar refractivity (Wildman–Crippen MR) is 110 cm³/mol. The van der Waals surface area contributed by atoms with Crippen LogP contribution >= 0.6 is 24.0 Å². The first-order valence-electron chi connectivity index (χ1n) is 8.99. The normalized spacial score (nSPS) is 14.9. The van der Waals surface area contributed by atoms with Gasteiger partial charge in [-0.15, -0.1) is 12.4 Å². The second kappa shape index (κ2) is 8.95. The highest BCUT2D eigenvalue weighted by Crippen LogP contribution is 2.24. The lowest BCUT2D eigenvalue weighted by atomic mass is 10.1. The highest BCUT2D eigenvalue weighted by atomic mass is 35.5. The summed E-state index contributed by atoms with van der Waals surface area (Å²) in [6.07, 6.45) is 0.310. The van der Waals surface area contributed by atoms with E-state index in [1.165, 1.54) is 12.1 Å². The Morgan fingerprint density at radius 3 is 2.46 bits per heavy atom. The Balaban J connectivity index is 0.00000225. The number of hydrogen-bond donors (Lipinski definition) is 0. The van der Waals surface area contributed by atoms with E-state index >= 15 is 0 Å². The summed E-state index contributed by atoms with van der Waals surface area (Å²) in [7, 11) is 0. The van der Waals surface area contributed by atoms with Gasteiger partial charge in [-0.05, 0) is 42.0 Å². The van der Waals surface area contributed by atoms with Crippen molar-refractivity contribution in [1.82, 2.24) is 9.80 Å². The molecule has 0 saturated carbocycles. The zero-order valence-corrected chi connectivity index (χ0v) is 16.8. The van der Waals surface area contributed by atoms with Crippen molar-refractivity contribution in [3.63, 3.8) is 0 Å². The number of benzene rings is 2. The minimum absolute atomic E-state index is 0. The summed E-state index contributed by atoms with van der Waals surface area (Å²) in [5.41, 5.74) is 1.67. The molecule has 0 radical (unpaired) electrons. The SMILES string of the molecule is Cl.O=C(Cc1ccc(F)cc1)N1CCN(Cc2cc3cc(Cl)ccc3o2)CC1. The lowest BCUT2D eigenvalue weighted by Gasteiger charge is -2.34. The second-order valence-corrected chi connectivity index (χ2v) is 7.29. The van der Waals surface area contributed by atoms with Gasteiger partial charge in [0.2, 0.25) is 5.91 Å². The summed E-state index contributed by atoms with van der Waals surface area (Å²) in [6, 6.07) is 13.7. The van der Waals surface area contributed by atoms with Gasteiger partial charge < -0.3 is 9.32 Å². The van der Waals surface area contributed by atoms with Crippen LogP contribution < -0.4 is 0 Å². The van der Waals surface area contributed by atoms with Crippen LogP contribution in [0.1, 0.15) is 11.3 Å². The molecule has 0 bridgehead atoms. The first-order chi connectivity index (χ1) is 13.1. The van der Waals surface area contributed by atoms with Gasteiger partial charge in [-0.25, -0.2) is 4.39 Å². The number of furan rings is 1. The van der Waals surface area contributed by atoms with Gasteiger partial charge in [0.1, 0.15) is 17.2 Å². The molecular weight excluding hydrogens is 402 g/mol. The molecule has 0 unspecified atom stereocenters. The van der Waals surface area contributed by atoms with Crippen molar-refractivity contribution >= 4 is 40.9 Å². The van der Waals surface area contributed by atoms with E-state index in [4.69, 9.17) is 16.0 Å². The van der Waals surface area contributed by atoms with E-state index in [2.05, 4.69) is 4.90 Å². The third-order valence-electron chi connectivity index (χ3n) is 4.90. The molecule has 4 nitrogen and oxygen atoms in total. The van der Waals surface area contributed by atoms with Crippen LogP contribution in [0, 0.1) is 5.82 Å². The molecule has 0 N–H and O–H groups in total. The van der Waals surface area contributed by atoms with Gasteiger partial charge in [0.15, 0.2) is 0 Å². The van der Waals surface area contributed by atoms with E-state index in [9.17, 15) is 9.18 Å². The van der Waals surface area contributed by atoms with E-state index in [1.54, 1.807) is 12.1 Å². The molecule has 0 atom stereocenters. The smallest absolute Gasteiger partial charge is 0.227 e. The van der Waals surface area contributed by atoms with Crippen molar-refractivity contribution in [3.05, 3.63) is 70.7 Å². The number of piperazine rings is 1. The van der Waals surface area contributed by atoms with Crippen molar-refractivity contribution in [2.75, 3.05) is 26.2 Å². The molecule has 28 heavy (non-hydrogen) atoms. The number of amides is 1. The van der Waals surface area contributed by atoms with Crippen molar-refractivity contribution in [3.8, 4) is 0 Å². The highest BCUT2D eigenvalue weighted by Gasteiger charge is 2.22. The van der Waals surface area contributed by atoms with Gasteiger partial charge in [-0.1, -0.05) is 23.7 Å². The summed E-state index contributed by atoms with van der Waals surface area (Å²) in [5.74, 6) is 0.700. The molecule has 2 aromatic carbocycles. The molecule has 1 amide bonds. The lowest BCUT2D eigenvalue weighted by Crippen LogP contribution is -2.48. The quantitative estimate of drug-likeness (QED) is 0.619. The van der Waals surface area contributed by atoms with Crippen LogP contribution in [0.2, 0.25) is 5.02 Å². The topological polar surface area (TPSA) is 36.7 Å². The minimum Gasteiger partial charge on any atom is -0.460 e. The van der Waals surface area contributed by atoms with Crippen molar-refractivity contribution < 1.29 is 13.6 Å². The van der Waals surface area contributed by atoms with E-state index in [0.29, 0.717) is 31.1 Å². The molecule has 2 heterocycles. The van der Waals surface area contributed by atoms with Crippen LogP contribution in [0.5, 0.6) is 0 Å². The fraction of sp³-hybridized carbons (Fsp3) is 0.286. The van der Waals surface area contributed by atoms with Crippen LogP contribution in [-0.4, -0.2) is 41.9 Å². The van der Waals surface area contributed by atoms with Crippen LogP contribution in [0.15, 0.2) is 52.9 Å². The third kappa shape index (κ3) is 4.85. The number of nitrogens with zero attached hydrogens (tertiary/aromatic N) is 2. The molecule has 3 aromatic rings. The van der Waals surface area contributed by atoms with Gasteiger partial charge in [-0.3, -0.25) is 9.69 Å². The summed E-state index contributed by atoms with van der Waals surface area (Å²) >= 11 is 6.02. The molecule has 7 heteroatoms. The van der Waals surface area contributed by atoms with Crippen molar-refractivity contribution in [1.29, 1.82) is 0 Å². The first kappa shape index (κ1) is 20.6. The molecule has 0 spiro atoms. The molecule has 1 saturated heterocycles. The molecule has 0 aliphatic carbocycles. The number of rotatable bonds is 4. The van der Waals surface area contributed by atoms with Gasteiger partial charge in [0.25, 0.3) is 0 Å². The number of carbonyl (C=O) groups excluding carboxylic acids is 1. The van der Waals surface area contributed by atoms with Gasteiger partial charge in [0, 0.05) is 36.6 Å². The lowest BCUT2D eigenvalue weighted by molar-refractivity contribution is -0.132. The molecular formula is C21H21Cl2FN2O2. The summed E-state index contributed by atoms with van der Waals surface area (Å²) in [5, 5.41) is 1.70. The van der Waals surface area contributed by atoms with Crippen LogP contribution in [-0.2, 0) is 17.8 Å². The Kier molecular flexibility index (Phi) is 6.60. The second-order valence-electron chi connectivity index (χ2n) is 6.86. The number of hydrogen-bond acceptors (Lipinski definition) is 3. The Morgan fingerprint density at radius 1 is 1.04 bits per heavy atom. The van der Waals surface area contributed by atoms with Crippen molar-refractivity contribution in [2.24, 2.45) is 0 Å².